The van der Waals surface area contributed by atoms with Crippen molar-refractivity contribution in [2.24, 2.45) is 5.41 Å². The highest BCUT2D eigenvalue weighted by atomic mass is 35.5. The van der Waals surface area contributed by atoms with Gasteiger partial charge in [-0.3, -0.25) is 9.59 Å². The van der Waals surface area contributed by atoms with E-state index in [9.17, 15) is 9.59 Å². The van der Waals surface area contributed by atoms with Crippen molar-refractivity contribution in [2.45, 2.75) is 20.8 Å². The maximum atomic E-state index is 12.1. The van der Waals surface area contributed by atoms with Gasteiger partial charge in [0.05, 0.1) is 16.0 Å². The second kappa shape index (κ2) is 7.26. The fourth-order valence-electron chi connectivity index (χ4n) is 1.68. The van der Waals surface area contributed by atoms with Gasteiger partial charge < -0.3 is 16.0 Å². The second-order valence-electron chi connectivity index (χ2n) is 5.23. The number of aromatic nitrogens is 1. The van der Waals surface area contributed by atoms with E-state index in [1.54, 1.807) is 27.0 Å². The predicted octanol–water partition coefficient (Wildman–Crippen LogP) is 1.67. The Morgan fingerprint density at radius 2 is 2.05 bits per heavy atom. The molecule has 0 bridgehead atoms. The molecule has 0 aliphatic carbocycles. The summed E-state index contributed by atoms with van der Waals surface area (Å²) < 4.78 is 0. The van der Waals surface area contributed by atoms with Crippen LogP contribution in [0.3, 0.4) is 0 Å². The first-order chi connectivity index (χ1) is 9.81. The highest BCUT2D eigenvalue weighted by molar-refractivity contribution is 6.33. The van der Waals surface area contributed by atoms with Gasteiger partial charge in [0.2, 0.25) is 5.91 Å². The molecule has 0 spiro atoms. The molecule has 0 radical (unpaired) electrons. The van der Waals surface area contributed by atoms with Gasteiger partial charge in [0, 0.05) is 26.3 Å². The average Bonchev–Trinajstić information content (AvgIpc) is 2.46. The first kappa shape index (κ1) is 17.2. The van der Waals surface area contributed by atoms with Crippen LogP contribution in [-0.4, -0.2) is 36.9 Å². The lowest BCUT2D eigenvalue weighted by Crippen LogP contribution is -2.43. The first-order valence-electron chi connectivity index (χ1n) is 6.71. The van der Waals surface area contributed by atoms with Crippen molar-refractivity contribution in [2.75, 3.05) is 25.5 Å². The largest absolute Gasteiger partial charge is 0.369 e. The number of carbonyl (C=O) groups is 2. The number of anilines is 1. The fourth-order valence-corrected chi connectivity index (χ4v) is 1.91. The van der Waals surface area contributed by atoms with E-state index in [2.05, 4.69) is 20.9 Å². The average molecular weight is 313 g/mol. The van der Waals surface area contributed by atoms with Gasteiger partial charge >= 0.3 is 0 Å². The normalized spacial score (nSPS) is 10.9. The zero-order valence-corrected chi connectivity index (χ0v) is 13.5. The fraction of sp³-hybridized carbons (Fsp3) is 0.500. The van der Waals surface area contributed by atoms with E-state index < -0.39 is 5.41 Å². The Morgan fingerprint density at radius 3 is 2.57 bits per heavy atom. The third-order valence-electron chi connectivity index (χ3n) is 2.98. The number of nitrogens with zero attached hydrogens (tertiary/aromatic N) is 1. The van der Waals surface area contributed by atoms with Gasteiger partial charge in [0.15, 0.2) is 0 Å². The van der Waals surface area contributed by atoms with E-state index in [4.69, 9.17) is 11.6 Å². The Bertz CT molecular complexity index is 532. The van der Waals surface area contributed by atoms with Crippen molar-refractivity contribution >= 4 is 29.2 Å². The van der Waals surface area contributed by atoms with Gasteiger partial charge in [-0.15, -0.1) is 0 Å². The summed E-state index contributed by atoms with van der Waals surface area (Å²) in [4.78, 5) is 27.8. The standard InChI is InChI=1S/C14H21ClN4O2/c1-5-17-11-10(15)6-9(7-18-11)12(20)19-8-14(2,3)13(21)16-4/h6-7H,5,8H2,1-4H3,(H,16,21)(H,17,18)(H,19,20). The summed E-state index contributed by atoms with van der Waals surface area (Å²) in [5.74, 6) is 0.0901. The van der Waals surface area contributed by atoms with Crippen molar-refractivity contribution < 1.29 is 9.59 Å². The number of nitrogens with one attached hydrogen (secondary N) is 3. The lowest BCUT2D eigenvalue weighted by Gasteiger charge is -2.22. The number of hydrogen-bond acceptors (Lipinski definition) is 4. The van der Waals surface area contributed by atoms with Crippen molar-refractivity contribution in [1.29, 1.82) is 0 Å². The quantitative estimate of drug-likeness (QED) is 0.746. The number of carbonyl (C=O) groups excluding carboxylic acids is 2. The zero-order chi connectivity index (χ0) is 16.0. The van der Waals surface area contributed by atoms with Crippen LogP contribution >= 0.6 is 11.6 Å². The highest BCUT2D eigenvalue weighted by Gasteiger charge is 2.27. The molecule has 1 rings (SSSR count). The summed E-state index contributed by atoms with van der Waals surface area (Å²) in [6, 6.07) is 1.55. The third-order valence-corrected chi connectivity index (χ3v) is 3.27. The zero-order valence-electron chi connectivity index (χ0n) is 12.7. The van der Waals surface area contributed by atoms with Crippen LogP contribution in [0, 0.1) is 5.41 Å². The molecule has 0 aromatic carbocycles. The molecule has 1 aromatic heterocycles. The van der Waals surface area contributed by atoms with Crippen molar-refractivity contribution in [1.82, 2.24) is 15.6 Å². The van der Waals surface area contributed by atoms with Crippen LogP contribution in [0.15, 0.2) is 12.3 Å². The molecule has 7 heteroatoms. The van der Waals surface area contributed by atoms with Crippen LogP contribution in [0.4, 0.5) is 5.82 Å². The first-order valence-corrected chi connectivity index (χ1v) is 7.09. The van der Waals surface area contributed by atoms with E-state index in [0.717, 1.165) is 0 Å². The summed E-state index contributed by atoms with van der Waals surface area (Å²) in [6.45, 7) is 6.35. The SMILES string of the molecule is CCNc1ncc(C(=O)NCC(C)(C)C(=O)NC)cc1Cl. The monoisotopic (exact) mass is 312 g/mol. The molecule has 0 fully saturated rings. The van der Waals surface area contributed by atoms with E-state index in [1.807, 2.05) is 6.92 Å². The van der Waals surface area contributed by atoms with Crippen molar-refractivity contribution in [3.8, 4) is 0 Å². The molecule has 0 saturated carbocycles. The molecule has 0 aliphatic rings. The second-order valence-corrected chi connectivity index (χ2v) is 5.64. The number of hydrogen-bond donors (Lipinski definition) is 3. The molecule has 1 heterocycles. The van der Waals surface area contributed by atoms with E-state index >= 15 is 0 Å². The molecule has 3 N–H and O–H groups in total. The maximum Gasteiger partial charge on any atom is 0.252 e. The lowest BCUT2D eigenvalue weighted by atomic mass is 9.92. The Balaban J connectivity index is 2.72. The van der Waals surface area contributed by atoms with Crippen LogP contribution in [0.1, 0.15) is 31.1 Å². The van der Waals surface area contributed by atoms with E-state index in [1.165, 1.54) is 6.20 Å². The van der Waals surface area contributed by atoms with Gasteiger partial charge in [0.25, 0.3) is 5.91 Å². The Labute approximate surface area is 129 Å². The van der Waals surface area contributed by atoms with Gasteiger partial charge in [-0.1, -0.05) is 11.6 Å². The van der Waals surface area contributed by atoms with E-state index in [-0.39, 0.29) is 18.4 Å². The molecule has 0 aliphatic heterocycles. The molecule has 0 saturated heterocycles. The molecule has 0 unspecified atom stereocenters. The van der Waals surface area contributed by atoms with Gasteiger partial charge in [0.1, 0.15) is 5.82 Å². The number of amides is 2. The Kier molecular flexibility index (Phi) is 5.96. The molecular weight excluding hydrogens is 292 g/mol. The van der Waals surface area contributed by atoms with Crippen LogP contribution in [0.25, 0.3) is 0 Å². The number of rotatable bonds is 6. The summed E-state index contributed by atoms with van der Waals surface area (Å²) >= 11 is 6.05. The summed E-state index contributed by atoms with van der Waals surface area (Å²) in [5.41, 5.74) is -0.333. The Morgan fingerprint density at radius 1 is 1.38 bits per heavy atom. The van der Waals surface area contributed by atoms with E-state index in [0.29, 0.717) is 22.9 Å². The molecular formula is C14H21ClN4O2. The van der Waals surface area contributed by atoms with Gasteiger partial charge in [-0.25, -0.2) is 4.98 Å². The van der Waals surface area contributed by atoms with Crippen molar-refractivity contribution in [3.63, 3.8) is 0 Å². The van der Waals surface area contributed by atoms with Crippen LogP contribution in [0.2, 0.25) is 5.02 Å². The highest BCUT2D eigenvalue weighted by Crippen LogP contribution is 2.20. The van der Waals surface area contributed by atoms with Crippen LogP contribution in [0.5, 0.6) is 0 Å². The Hall–Kier alpha value is -1.82. The summed E-state index contributed by atoms with van der Waals surface area (Å²) in [7, 11) is 1.56. The maximum absolute atomic E-state index is 12.1. The minimum absolute atomic E-state index is 0.138. The summed E-state index contributed by atoms with van der Waals surface area (Å²) in [5, 5.41) is 8.66. The molecule has 21 heavy (non-hydrogen) atoms. The summed E-state index contributed by atoms with van der Waals surface area (Å²) in [6.07, 6.45) is 1.45. The van der Waals surface area contributed by atoms with Crippen molar-refractivity contribution in [3.05, 3.63) is 22.8 Å². The molecule has 6 nitrogen and oxygen atoms in total. The van der Waals surface area contributed by atoms with Crippen LogP contribution < -0.4 is 16.0 Å². The minimum atomic E-state index is -0.689. The lowest BCUT2D eigenvalue weighted by molar-refractivity contribution is -0.128. The molecule has 2 amide bonds. The van der Waals surface area contributed by atoms with Gasteiger partial charge in [-0.2, -0.15) is 0 Å². The molecule has 0 atom stereocenters. The number of halogens is 1. The minimum Gasteiger partial charge on any atom is -0.369 e. The predicted molar refractivity (Wildman–Crippen MR) is 83.6 cm³/mol. The smallest absolute Gasteiger partial charge is 0.252 e. The third kappa shape index (κ3) is 4.60. The molecule has 1 aromatic rings. The topological polar surface area (TPSA) is 83.1 Å². The number of pyridine rings is 1. The van der Waals surface area contributed by atoms with Gasteiger partial charge in [-0.05, 0) is 26.8 Å². The molecule has 116 valence electrons. The van der Waals surface area contributed by atoms with Crippen LogP contribution in [-0.2, 0) is 4.79 Å².